The van der Waals surface area contributed by atoms with Gasteiger partial charge in [0.05, 0.1) is 52.0 Å². The van der Waals surface area contributed by atoms with Crippen LogP contribution in [0.25, 0.3) is 16.7 Å². The number of amides is 1. The molecule has 47 heavy (non-hydrogen) atoms. The molecule has 3 aromatic rings. The molecule has 2 aliphatic rings. The van der Waals surface area contributed by atoms with Crippen LogP contribution in [0.5, 0.6) is 5.75 Å². The van der Waals surface area contributed by atoms with Crippen LogP contribution in [0.3, 0.4) is 0 Å². The molecule has 0 bridgehead atoms. The number of ether oxygens (including phenoxy) is 2. The van der Waals surface area contributed by atoms with E-state index in [-0.39, 0.29) is 35.7 Å². The fourth-order valence-electron chi connectivity index (χ4n) is 6.31. The zero-order chi connectivity index (χ0) is 33.6. The molecule has 2 aromatic heterocycles. The first-order valence-electron chi connectivity index (χ1n) is 16.6. The molecule has 0 atom stereocenters. The number of quaternary nitrogens is 1. The number of piperidine rings is 1. The summed E-state index contributed by atoms with van der Waals surface area (Å²) in [6.07, 6.45) is 10.4. The highest BCUT2D eigenvalue weighted by molar-refractivity contribution is 7.90. The zero-order valence-corrected chi connectivity index (χ0v) is 28.9. The third-order valence-corrected chi connectivity index (χ3v) is 9.98. The molecule has 1 aromatic carbocycles. The van der Waals surface area contributed by atoms with Gasteiger partial charge >= 0.3 is 5.97 Å². The first kappa shape index (κ1) is 34.6. The van der Waals surface area contributed by atoms with Crippen molar-refractivity contribution in [3.8, 4) is 11.6 Å². The smallest absolute Gasteiger partial charge is 0.311 e. The lowest BCUT2D eigenvalue weighted by molar-refractivity contribution is -0.869. The number of anilines is 1. The normalized spacial score (nSPS) is 19.4. The SMILES string of the molecule is C[N+](C)(C)CCC(=O)OC1CCN(C(=O)[C@H]2CC[C@H](Nc3nccc(-n4ccc5c(OCCCS(C)(=O)=O)cccc54)n3)CC2)CC1. The molecular weight excluding hydrogens is 620 g/mol. The maximum atomic E-state index is 13.3. The molecule has 3 heterocycles. The van der Waals surface area contributed by atoms with Gasteiger partial charge in [-0.1, -0.05) is 6.07 Å². The van der Waals surface area contributed by atoms with Crippen LogP contribution in [0.1, 0.15) is 51.4 Å². The van der Waals surface area contributed by atoms with E-state index in [9.17, 15) is 18.0 Å². The maximum Gasteiger partial charge on any atom is 0.311 e. The van der Waals surface area contributed by atoms with Gasteiger partial charge in [-0.25, -0.2) is 13.4 Å². The van der Waals surface area contributed by atoms with Gasteiger partial charge in [0.2, 0.25) is 11.9 Å². The van der Waals surface area contributed by atoms with Crippen LogP contribution in [0, 0.1) is 5.92 Å². The Morgan fingerprint density at radius 2 is 1.77 bits per heavy atom. The van der Waals surface area contributed by atoms with Crippen molar-refractivity contribution >= 4 is 38.6 Å². The molecule has 0 unspecified atom stereocenters. The van der Waals surface area contributed by atoms with Crippen LogP contribution in [0.15, 0.2) is 42.7 Å². The predicted octanol–water partition coefficient (Wildman–Crippen LogP) is 3.84. The summed E-state index contributed by atoms with van der Waals surface area (Å²) in [5.41, 5.74) is 0.927. The number of sulfone groups is 1. The first-order valence-corrected chi connectivity index (χ1v) is 18.7. The van der Waals surface area contributed by atoms with E-state index in [0.29, 0.717) is 57.1 Å². The molecule has 0 spiro atoms. The van der Waals surface area contributed by atoms with Crippen molar-refractivity contribution in [1.82, 2.24) is 19.4 Å². The van der Waals surface area contributed by atoms with Crippen LogP contribution in [0.2, 0.25) is 0 Å². The monoisotopic (exact) mass is 669 g/mol. The minimum Gasteiger partial charge on any atom is -0.493 e. The maximum absolute atomic E-state index is 13.3. The largest absolute Gasteiger partial charge is 0.493 e. The first-order chi connectivity index (χ1) is 22.3. The number of benzene rings is 1. The Balaban J connectivity index is 1.09. The average Bonchev–Trinajstić information content (AvgIpc) is 3.47. The Labute approximate surface area is 278 Å². The summed E-state index contributed by atoms with van der Waals surface area (Å²) >= 11 is 0. The fourth-order valence-corrected chi connectivity index (χ4v) is 6.95. The summed E-state index contributed by atoms with van der Waals surface area (Å²) in [4.78, 5) is 36.8. The Hall–Kier alpha value is -3.71. The van der Waals surface area contributed by atoms with E-state index in [1.165, 1.54) is 6.26 Å². The summed E-state index contributed by atoms with van der Waals surface area (Å²) in [6, 6.07) is 9.80. The summed E-state index contributed by atoms with van der Waals surface area (Å²) in [6.45, 7) is 2.33. The Bertz CT molecular complexity index is 1640. The number of carbonyl (C=O) groups is 2. The van der Waals surface area contributed by atoms with Crippen LogP contribution in [-0.4, -0.2) is 116 Å². The number of carbonyl (C=O) groups excluding carboxylic acids is 2. The molecule has 1 N–H and O–H groups in total. The second kappa shape index (κ2) is 15.0. The quantitative estimate of drug-likeness (QED) is 0.164. The third kappa shape index (κ3) is 9.90. The molecule has 256 valence electrons. The van der Waals surface area contributed by atoms with Crippen molar-refractivity contribution in [1.29, 1.82) is 0 Å². The Morgan fingerprint density at radius 1 is 1.02 bits per heavy atom. The molecule has 0 radical (unpaired) electrons. The van der Waals surface area contributed by atoms with Gasteiger partial charge in [-0.2, -0.15) is 4.98 Å². The van der Waals surface area contributed by atoms with E-state index in [1.54, 1.807) is 6.20 Å². The lowest BCUT2D eigenvalue weighted by Crippen LogP contribution is -2.45. The van der Waals surface area contributed by atoms with Crippen LogP contribution in [-0.2, 0) is 24.2 Å². The van der Waals surface area contributed by atoms with Crippen LogP contribution < -0.4 is 10.1 Å². The molecule has 5 rings (SSSR count). The minimum absolute atomic E-state index is 0.0120. The highest BCUT2D eigenvalue weighted by Crippen LogP contribution is 2.31. The molecule has 2 fully saturated rings. The molecule has 1 amide bonds. The number of nitrogens with zero attached hydrogens (tertiary/aromatic N) is 5. The summed E-state index contributed by atoms with van der Waals surface area (Å²) in [5.74, 6) is 2.14. The highest BCUT2D eigenvalue weighted by atomic mass is 32.2. The lowest BCUT2D eigenvalue weighted by Gasteiger charge is -2.36. The van der Waals surface area contributed by atoms with E-state index < -0.39 is 9.84 Å². The van der Waals surface area contributed by atoms with Crippen molar-refractivity contribution in [3.05, 3.63) is 42.7 Å². The molecular formula is C34H49N6O6S+. The molecule has 1 saturated carbocycles. The highest BCUT2D eigenvalue weighted by Gasteiger charge is 2.32. The lowest BCUT2D eigenvalue weighted by atomic mass is 9.85. The van der Waals surface area contributed by atoms with Crippen molar-refractivity contribution in [3.63, 3.8) is 0 Å². The Morgan fingerprint density at radius 3 is 2.47 bits per heavy atom. The number of esters is 1. The standard InChI is InChI=1S/C34H49N6O6S/c1-40(2,3)22-17-32(41)46-27-14-19-38(20-15-27)33(42)25-9-11-26(12-10-25)36-34-35-18-13-31(37-34)39-21-16-28-29(39)7-5-8-30(28)45-23-6-24-47(4,43)44/h5,7-8,13,16,18,21,25-27H,6,9-12,14-15,17,19-20,22-24H2,1-4H3,(H,35,36,37)/q+1/t25-,26-. The van der Waals surface area contributed by atoms with E-state index in [4.69, 9.17) is 14.5 Å². The van der Waals surface area contributed by atoms with Gasteiger partial charge in [-0.15, -0.1) is 0 Å². The van der Waals surface area contributed by atoms with Gasteiger partial charge in [0.1, 0.15) is 27.5 Å². The van der Waals surface area contributed by atoms with Crippen molar-refractivity contribution in [2.75, 3.05) is 64.7 Å². The van der Waals surface area contributed by atoms with E-state index in [1.807, 2.05) is 46.0 Å². The van der Waals surface area contributed by atoms with E-state index in [2.05, 4.69) is 31.4 Å². The average molecular weight is 670 g/mol. The summed E-state index contributed by atoms with van der Waals surface area (Å²) in [5, 5.41) is 4.41. The number of fused-ring (bicyclic) bond motifs is 1. The van der Waals surface area contributed by atoms with Crippen molar-refractivity contribution in [2.45, 2.75) is 63.5 Å². The molecule has 1 saturated heterocycles. The van der Waals surface area contributed by atoms with Gasteiger partial charge in [0.25, 0.3) is 0 Å². The number of hydrogen-bond donors (Lipinski definition) is 1. The molecule has 1 aliphatic heterocycles. The number of likely N-dealkylation sites (tertiary alicyclic amines) is 1. The van der Waals surface area contributed by atoms with Gasteiger partial charge in [0, 0.05) is 61.9 Å². The van der Waals surface area contributed by atoms with Gasteiger partial charge in [-0.3, -0.25) is 9.59 Å². The Kier molecular flexibility index (Phi) is 11.1. The molecule has 13 heteroatoms. The number of hydrogen-bond acceptors (Lipinski definition) is 9. The summed E-state index contributed by atoms with van der Waals surface area (Å²) < 4.78 is 37.2. The van der Waals surface area contributed by atoms with Crippen molar-refractivity contribution < 1.29 is 32.0 Å². The predicted molar refractivity (Wildman–Crippen MR) is 181 cm³/mol. The minimum atomic E-state index is -3.02. The summed E-state index contributed by atoms with van der Waals surface area (Å²) in [7, 11) is 3.15. The van der Waals surface area contributed by atoms with E-state index in [0.717, 1.165) is 53.4 Å². The fraction of sp³-hybridized carbons (Fsp3) is 0.588. The second-order valence-corrected chi connectivity index (χ2v) is 16.2. The van der Waals surface area contributed by atoms with Gasteiger partial charge < -0.3 is 28.7 Å². The second-order valence-electron chi connectivity index (χ2n) is 13.9. The number of aromatic nitrogens is 3. The van der Waals surface area contributed by atoms with Gasteiger partial charge in [0.15, 0.2) is 0 Å². The van der Waals surface area contributed by atoms with Crippen molar-refractivity contribution in [2.24, 2.45) is 5.92 Å². The number of nitrogens with one attached hydrogen (secondary N) is 1. The number of rotatable bonds is 13. The van der Waals surface area contributed by atoms with Crippen LogP contribution in [0.4, 0.5) is 5.95 Å². The van der Waals surface area contributed by atoms with Crippen LogP contribution >= 0.6 is 0 Å². The molecule has 12 nitrogen and oxygen atoms in total. The molecule has 1 aliphatic carbocycles. The topological polar surface area (TPSA) is 133 Å². The third-order valence-electron chi connectivity index (χ3n) is 8.95. The van der Waals surface area contributed by atoms with E-state index >= 15 is 0 Å². The zero-order valence-electron chi connectivity index (χ0n) is 28.1. The van der Waals surface area contributed by atoms with Gasteiger partial charge in [-0.05, 0) is 56.4 Å².